The van der Waals surface area contributed by atoms with Gasteiger partial charge in [0.15, 0.2) is 0 Å². The number of rotatable bonds is 3. The fourth-order valence-corrected chi connectivity index (χ4v) is 4.45. The summed E-state index contributed by atoms with van der Waals surface area (Å²) in [6.45, 7) is 6.84. The first-order chi connectivity index (χ1) is 11.9. The molecule has 1 aromatic heterocycles. The normalized spacial score (nSPS) is 26.4. The highest BCUT2D eigenvalue weighted by molar-refractivity contribution is 6.30. The zero-order valence-electron chi connectivity index (χ0n) is 15.9. The Morgan fingerprint density at radius 3 is 2.64 bits per heavy atom. The zero-order chi connectivity index (χ0) is 18.2. The van der Waals surface area contributed by atoms with Crippen LogP contribution in [0.4, 0.5) is 0 Å². The quantitative estimate of drug-likeness (QED) is 0.816. The van der Waals surface area contributed by atoms with E-state index in [0.717, 1.165) is 68.4 Å². The third-order valence-electron chi connectivity index (χ3n) is 6.09. The van der Waals surface area contributed by atoms with Crippen LogP contribution < -0.4 is 0 Å². The van der Waals surface area contributed by atoms with Crippen molar-refractivity contribution in [2.24, 2.45) is 7.05 Å². The van der Waals surface area contributed by atoms with Crippen molar-refractivity contribution in [3.63, 3.8) is 0 Å². The van der Waals surface area contributed by atoms with E-state index < -0.39 is 0 Å². The lowest BCUT2D eigenvalue weighted by atomic mass is 9.86. The van der Waals surface area contributed by atoms with Gasteiger partial charge in [-0.3, -0.25) is 19.3 Å². The molecule has 0 aliphatic carbocycles. The first kappa shape index (κ1) is 18.7. The number of hydrogen-bond donors (Lipinski definition) is 0. The molecule has 0 bridgehead atoms. The summed E-state index contributed by atoms with van der Waals surface area (Å²) in [7, 11) is 6.04. The molecule has 3 rings (SSSR count). The first-order valence-electron chi connectivity index (χ1n) is 9.24. The Kier molecular flexibility index (Phi) is 5.42. The van der Waals surface area contributed by atoms with Gasteiger partial charge in [0.2, 0.25) is 5.91 Å². The van der Waals surface area contributed by atoms with Crippen molar-refractivity contribution in [2.75, 3.05) is 40.3 Å². The number of halogens is 1. The predicted octanol–water partition coefficient (Wildman–Crippen LogP) is 1.76. The number of piperazine rings is 1. The summed E-state index contributed by atoms with van der Waals surface area (Å²) in [5.41, 5.74) is 2.34. The molecule has 1 spiro atoms. The van der Waals surface area contributed by atoms with E-state index in [1.807, 2.05) is 19.0 Å². The van der Waals surface area contributed by atoms with Crippen LogP contribution in [0.3, 0.4) is 0 Å². The van der Waals surface area contributed by atoms with Gasteiger partial charge in [-0.1, -0.05) is 18.5 Å². The SMILES string of the molecule is CCc1nn(C)c(Cl)c1CN1CCN(C)C2(CCC(=O)N(C)CC2)C1. The van der Waals surface area contributed by atoms with Crippen LogP contribution in [0.5, 0.6) is 0 Å². The summed E-state index contributed by atoms with van der Waals surface area (Å²) in [6, 6.07) is 0. The van der Waals surface area contributed by atoms with Crippen molar-refractivity contribution in [1.29, 1.82) is 0 Å². The smallest absolute Gasteiger partial charge is 0.222 e. The zero-order valence-corrected chi connectivity index (χ0v) is 16.6. The van der Waals surface area contributed by atoms with Gasteiger partial charge in [-0.25, -0.2) is 0 Å². The summed E-state index contributed by atoms with van der Waals surface area (Å²) in [5.74, 6) is 0.269. The molecule has 6 nitrogen and oxygen atoms in total. The lowest BCUT2D eigenvalue weighted by Crippen LogP contribution is -2.60. The van der Waals surface area contributed by atoms with E-state index in [-0.39, 0.29) is 11.4 Å². The molecule has 2 aliphatic rings. The van der Waals surface area contributed by atoms with E-state index in [0.29, 0.717) is 6.42 Å². The van der Waals surface area contributed by atoms with E-state index >= 15 is 0 Å². The van der Waals surface area contributed by atoms with Crippen LogP contribution in [0.25, 0.3) is 0 Å². The molecule has 2 aliphatic heterocycles. The van der Waals surface area contributed by atoms with Gasteiger partial charge in [0.1, 0.15) is 5.15 Å². The minimum absolute atomic E-state index is 0.0831. The summed E-state index contributed by atoms with van der Waals surface area (Å²) in [6.07, 6.45) is 3.50. The summed E-state index contributed by atoms with van der Waals surface area (Å²) in [4.78, 5) is 19.0. The molecule has 0 N–H and O–H groups in total. The van der Waals surface area contributed by atoms with Crippen LogP contribution in [0.2, 0.25) is 5.15 Å². The molecular formula is C18H30ClN5O. The van der Waals surface area contributed by atoms with E-state index in [9.17, 15) is 4.79 Å². The maximum atomic E-state index is 12.1. The second-order valence-electron chi connectivity index (χ2n) is 7.62. The van der Waals surface area contributed by atoms with E-state index in [1.165, 1.54) is 0 Å². The molecule has 3 heterocycles. The molecule has 1 amide bonds. The average molecular weight is 368 g/mol. The number of amides is 1. The van der Waals surface area contributed by atoms with Gasteiger partial charge >= 0.3 is 0 Å². The highest BCUT2D eigenvalue weighted by Gasteiger charge is 2.42. The second-order valence-corrected chi connectivity index (χ2v) is 7.97. The molecule has 0 saturated carbocycles. The molecule has 1 atom stereocenters. The number of nitrogens with zero attached hydrogens (tertiary/aromatic N) is 5. The highest BCUT2D eigenvalue weighted by Crippen LogP contribution is 2.33. The van der Waals surface area contributed by atoms with Crippen molar-refractivity contribution in [3.05, 3.63) is 16.4 Å². The lowest BCUT2D eigenvalue weighted by Gasteiger charge is -2.49. The van der Waals surface area contributed by atoms with Gasteiger partial charge in [-0.05, 0) is 26.3 Å². The van der Waals surface area contributed by atoms with Crippen LogP contribution in [0.15, 0.2) is 0 Å². The molecule has 2 fully saturated rings. The predicted molar refractivity (Wildman–Crippen MR) is 99.7 cm³/mol. The van der Waals surface area contributed by atoms with Gasteiger partial charge in [0.25, 0.3) is 0 Å². The first-order valence-corrected chi connectivity index (χ1v) is 9.62. The number of likely N-dealkylation sites (tertiary alicyclic amines) is 1. The van der Waals surface area contributed by atoms with E-state index in [2.05, 4.69) is 28.9 Å². The number of likely N-dealkylation sites (N-methyl/N-ethyl adjacent to an activating group) is 1. The van der Waals surface area contributed by atoms with Crippen molar-refractivity contribution >= 4 is 17.5 Å². The van der Waals surface area contributed by atoms with Gasteiger partial charge in [-0.15, -0.1) is 0 Å². The number of carbonyl (C=O) groups is 1. The standard InChI is InChI=1S/C18H30ClN5O/c1-5-15-14(17(19)23(4)20-15)12-24-11-10-22(3)18(13-24)7-6-16(25)21(2)9-8-18/h5-13H2,1-4H3. The highest BCUT2D eigenvalue weighted by atomic mass is 35.5. The van der Waals surface area contributed by atoms with Gasteiger partial charge in [0, 0.05) is 64.3 Å². The molecule has 2 saturated heterocycles. The Balaban J connectivity index is 1.78. The molecule has 25 heavy (non-hydrogen) atoms. The summed E-state index contributed by atoms with van der Waals surface area (Å²) < 4.78 is 1.78. The fraction of sp³-hybridized carbons (Fsp3) is 0.778. The number of aryl methyl sites for hydroxylation is 2. The monoisotopic (exact) mass is 367 g/mol. The van der Waals surface area contributed by atoms with Crippen LogP contribution in [-0.4, -0.2) is 76.2 Å². The molecule has 140 valence electrons. The molecule has 0 radical (unpaired) electrons. The van der Waals surface area contributed by atoms with Crippen LogP contribution >= 0.6 is 11.6 Å². The molecule has 0 aromatic carbocycles. The van der Waals surface area contributed by atoms with E-state index in [1.54, 1.807) is 4.68 Å². The maximum Gasteiger partial charge on any atom is 0.222 e. The van der Waals surface area contributed by atoms with Crippen molar-refractivity contribution in [3.8, 4) is 0 Å². The van der Waals surface area contributed by atoms with Crippen LogP contribution in [0, 0.1) is 0 Å². The largest absolute Gasteiger partial charge is 0.346 e. The second kappa shape index (κ2) is 7.25. The minimum Gasteiger partial charge on any atom is -0.346 e. The van der Waals surface area contributed by atoms with Gasteiger partial charge in [-0.2, -0.15) is 5.10 Å². The molecule has 7 heteroatoms. The summed E-state index contributed by atoms with van der Waals surface area (Å²) in [5, 5.41) is 5.29. The Hall–Kier alpha value is -1.11. The average Bonchev–Trinajstić information content (AvgIpc) is 2.78. The Morgan fingerprint density at radius 2 is 1.92 bits per heavy atom. The summed E-state index contributed by atoms with van der Waals surface area (Å²) >= 11 is 6.49. The van der Waals surface area contributed by atoms with Crippen LogP contribution in [0.1, 0.15) is 37.4 Å². The third-order valence-corrected chi connectivity index (χ3v) is 6.56. The Labute approximate surface area is 155 Å². The number of hydrogen-bond acceptors (Lipinski definition) is 4. The Bertz CT molecular complexity index is 646. The van der Waals surface area contributed by atoms with Gasteiger partial charge in [0.05, 0.1) is 5.69 Å². The maximum absolute atomic E-state index is 12.1. The van der Waals surface area contributed by atoms with Crippen molar-refractivity contribution < 1.29 is 4.79 Å². The molecule has 1 unspecified atom stereocenters. The molecule has 1 aromatic rings. The lowest BCUT2D eigenvalue weighted by molar-refractivity contribution is -0.129. The number of aromatic nitrogens is 2. The number of carbonyl (C=O) groups excluding carboxylic acids is 1. The van der Waals surface area contributed by atoms with Crippen molar-refractivity contribution in [1.82, 2.24) is 24.5 Å². The van der Waals surface area contributed by atoms with Crippen LogP contribution in [-0.2, 0) is 24.8 Å². The Morgan fingerprint density at radius 1 is 1.16 bits per heavy atom. The van der Waals surface area contributed by atoms with Crippen molar-refractivity contribution in [2.45, 2.75) is 44.7 Å². The minimum atomic E-state index is 0.0831. The van der Waals surface area contributed by atoms with E-state index in [4.69, 9.17) is 11.6 Å². The molecular weight excluding hydrogens is 338 g/mol. The van der Waals surface area contributed by atoms with Gasteiger partial charge < -0.3 is 4.90 Å². The fourth-order valence-electron chi connectivity index (χ4n) is 4.24. The third kappa shape index (κ3) is 3.57. The topological polar surface area (TPSA) is 44.6 Å².